The molecule has 0 atom stereocenters. The first-order chi connectivity index (χ1) is 8.41. The van der Waals surface area contributed by atoms with Gasteiger partial charge in [-0.15, -0.1) is 0 Å². The Morgan fingerprint density at radius 3 is 2.61 bits per heavy atom. The lowest BCUT2D eigenvalue weighted by molar-refractivity contribution is -0.199. The van der Waals surface area contributed by atoms with Gasteiger partial charge in [-0.25, -0.2) is 4.79 Å². The number of halogens is 3. The van der Waals surface area contributed by atoms with Crippen LogP contribution in [0.3, 0.4) is 0 Å². The van der Waals surface area contributed by atoms with Gasteiger partial charge in [0.25, 0.3) is 0 Å². The van der Waals surface area contributed by atoms with Crippen LogP contribution in [0.5, 0.6) is 0 Å². The van der Waals surface area contributed by atoms with Crippen LogP contribution in [-0.4, -0.2) is 25.3 Å². The highest BCUT2D eigenvalue weighted by atomic mass is 19.4. The van der Waals surface area contributed by atoms with E-state index in [-0.39, 0.29) is 13.2 Å². The summed E-state index contributed by atoms with van der Waals surface area (Å²) in [6.07, 6.45) is -4.92. The maximum Gasteiger partial charge on any atom is 0.490 e. The van der Waals surface area contributed by atoms with Gasteiger partial charge in [0.2, 0.25) is 0 Å². The van der Waals surface area contributed by atoms with Gasteiger partial charge in [0.05, 0.1) is 0 Å². The van der Waals surface area contributed by atoms with Crippen LogP contribution >= 0.6 is 0 Å². The quantitative estimate of drug-likeness (QED) is 0.652. The topological polar surface area (TPSA) is 38.3 Å². The van der Waals surface area contributed by atoms with E-state index in [1.165, 1.54) is 0 Å². The molecule has 0 aromatic heterocycles. The number of hydrogen-bond acceptors (Lipinski definition) is 3. The van der Waals surface area contributed by atoms with Gasteiger partial charge in [-0.05, 0) is 18.1 Å². The highest BCUT2D eigenvalue weighted by Crippen LogP contribution is 2.16. The fourth-order valence-electron chi connectivity index (χ4n) is 1.33. The van der Waals surface area contributed by atoms with E-state index < -0.39 is 12.1 Å². The van der Waals surface area contributed by atoms with Gasteiger partial charge < -0.3 is 10.1 Å². The molecular weight excluding hydrogens is 247 g/mol. The van der Waals surface area contributed by atoms with Crippen molar-refractivity contribution < 1.29 is 22.7 Å². The molecule has 0 spiro atoms. The van der Waals surface area contributed by atoms with Crippen molar-refractivity contribution in [3.8, 4) is 0 Å². The van der Waals surface area contributed by atoms with Crippen molar-refractivity contribution in [3.05, 3.63) is 35.4 Å². The van der Waals surface area contributed by atoms with Gasteiger partial charge >= 0.3 is 12.1 Å². The summed E-state index contributed by atoms with van der Waals surface area (Å²) in [6, 6.07) is 7.66. The first kappa shape index (κ1) is 14.5. The first-order valence-corrected chi connectivity index (χ1v) is 5.40. The van der Waals surface area contributed by atoms with Gasteiger partial charge in [0, 0.05) is 13.1 Å². The second-order valence-corrected chi connectivity index (χ2v) is 3.74. The molecule has 0 fully saturated rings. The smallest absolute Gasteiger partial charge is 0.458 e. The molecule has 18 heavy (non-hydrogen) atoms. The van der Waals surface area contributed by atoms with Gasteiger partial charge in [-0.3, -0.25) is 0 Å². The zero-order valence-electron chi connectivity index (χ0n) is 9.88. The molecule has 100 valence electrons. The zero-order valence-corrected chi connectivity index (χ0v) is 9.88. The molecule has 0 saturated heterocycles. The summed E-state index contributed by atoms with van der Waals surface area (Å²) < 4.78 is 39.4. The van der Waals surface area contributed by atoms with E-state index in [4.69, 9.17) is 0 Å². The van der Waals surface area contributed by atoms with Gasteiger partial charge in [0.15, 0.2) is 0 Å². The average Bonchev–Trinajstić information content (AvgIpc) is 2.29. The highest BCUT2D eigenvalue weighted by molar-refractivity contribution is 5.75. The minimum atomic E-state index is -4.92. The van der Waals surface area contributed by atoms with E-state index in [1.54, 1.807) is 0 Å². The van der Waals surface area contributed by atoms with Crippen molar-refractivity contribution in [3.63, 3.8) is 0 Å². The van der Waals surface area contributed by atoms with Crippen LogP contribution in [0, 0.1) is 6.92 Å². The monoisotopic (exact) mass is 261 g/mol. The first-order valence-electron chi connectivity index (χ1n) is 5.40. The van der Waals surface area contributed by atoms with Crippen LogP contribution in [0.2, 0.25) is 0 Å². The predicted octanol–water partition coefficient (Wildman–Crippen LogP) is 2.19. The molecule has 6 heteroatoms. The summed E-state index contributed by atoms with van der Waals surface area (Å²) in [5, 5.41) is 2.90. The number of ether oxygens (including phenoxy) is 1. The molecule has 1 N–H and O–H groups in total. The molecule has 0 bridgehead atoms. The molecule has 0 aliphatic carbocycles. The van der Waals surface area contributed by atoms with Crippen molar-refractivity contribution in [2.75, 3.05) is 13.2 Å². The maximum absolute atomic E-state index is 11.8. The Hall–Kier alpha value is -1.56. The largest absolute Gasteiger partial charge is 0.490 e. The van der Waals surface area contributed by atoms with Gasteiger partial charge in [-0.2, -0.15) is 13.2 Å². The highest BCUT2D eigenvalue weighted by Gasteiger charge is 2.40. The van der Waals surface area contributed by atoms with Crippen LogP contribution in [-0.2, 0) is 16.1 Å². The number of aryl methyl sites for hydroxylation is 1. The predicted molar refractivity (Wildman–Crippen MR) is 59.9 cm³/mol. The number of esters is 1. The number of rotatable bonds is 5. The van der Waals surface area contributed by atoms with Crippen molar-refractivity contribution in [1.29, 1.82) is 0 Å². The molecule has 0 radical (unpaired) electrons. The molecule has 1 aromatic carbocycles. The molecular formula is C12H14F3NO2. The standard InChI is InChI=1S/C12H14F3NO2/c1-9-4-2-3-5-10(9)8-16-6-7-18-11(17)12(13,14)15/h2-5,16H,6-8H2,1H3. The minimum absolute atomic E-state index is 0.177. The third-order valence-electron chi connectivity index (χ3n) is 2.32. The summed E-state index contributed by atoms with van der Waals surface area (Å²) in [5.74, 6) is -2.15. The van der Waals surface area contributed by atoms with E-state index in [0.717, 1.165) is 11.1 Å². The second kappa shape index (κ2) is 6.39. The fourth-order valence-corrected chi connectivity index (χ4v) is 1.33. The van der Waals surface area contributed by atoms with Gasteiger partial charge in [-0.1, -0.05) is 24.3 Å². The Labute approximate surface area is 103 Å². The van der Waals surface area contributed by atoms with Crippen LogP contribution in [0.25, 0.3) is 0 Å². The Morgan fingerprint density at radius 2 is 2.00 bits per heavy atom. The van der Waals surface area contributed by atoms with Gasteiger partial charge in [0.1, 0.15) is 6.61 Å². The van der Waals surface area contributed by atoms with Crippen molar-refractivity contribution >= 4 is 5.97 Å². The number of nitrogens with one attached hydrogen (secondary N) is 1. The SMILES string of the molecule is Cc1ccccc1CNCCOC(=O)C(F)(F)F. The van der Waals surface area contributed by atoms with Crippen LogP contribution in [0.15, 0.2) is 24.3 Å². The number of alkyl halides is 3. The van der Waals surface area contributed by atoms with Crippen molar-refractivity contribution in [2.24, 2.45) is 0 Å². The summed E-state index contributed by atoms with van der Waals surface area (Å²) in [5.41, 5.74) is 2.15. The molecule has 3 nitrogen and oxygen atoms in total. The number of hydrogen-bond donors (Lipinski definition) is 1. The molecule has 0 saturated carbocycles. The minimum Gasteiger partial charge on any atom is -0.458 e. The molecule has 0 aliphatic heterocycles. The summed E-state index contributed by atoms with van der Waals surface area (Å²) >= 11 is 0. The fraction of sp³-hybridized carbons (Fsp3) is 0.417. The molecule has 0 heterocycles. The Kier molecular flexibility index (Phi) is 5.15. The maximum atomic E-state index is 11.8. The van der Waals surface area contributed by atoms with E-state index in [2.05, 4.69) is 10.1 Å². The van der Waals surface area contributed by atoms with E-state index in [9.17, 15) is 18.0 Å². The Morgan fingerprint density at radius 1 is 1.33 bits per heavy atom. The lowest BCUT2D eigenvalue weighted by Crippen LogP contribution is -2.29. The molecule has 0 unspecified atom stereocenters. The van der Waals surface area contributed by atoms with E-state index in [1.807, 2.05) is 31.2 Å². The van der Waals surface area contributed by atoms with Crippen molar-refractivity contribution in [2.45, 2.75) is 19.6 Å². The summed E-state index contributed by atoms with van der Waals surface area (Å²) in [4.78, 5) is 10.4. The summed E-state index contributed by atoms with van der Waals surface area (Å²) in [7, 11) is 0. The Bertz CT molecular complexity index is 405. The zero-order chi connectivity index (χ0) is 13.6. The Balaban J connectivity index is 2.20. The molecule has 1 aromatic rings. The number of carbonyl (C=O) groups is 1. The van der Waals surface area contributed by atoms with Crippen LogP contribution in [0.1, 0.15) is 11.1 Å². The lowest BCUT2D eigenvalue weighted by atomic mass is 10.1. The lowest BCUT2D eigenvalue weighted by Gasteiger charge is -2.09. The summed E-state index contributed by atoms with van der Waals surface area (Å²) in [6.45, 7) is 2.34. The van der Waals surface area contributed by atoms with E-state index >= 15 is 0 Å². The van der Waals surface area contributed by atoms with E-state index in [0.29, 0.717) is 6.54 Å². The van der Waals surface area contributed by atoms with Crippen LogP contribution < -0.4 is 5.32 Å². The van der Waals surface area contributed by atoms with Crippen LogP contribution in [0.4, 0.5) is 13.2 Å². The number of benzene rings is 1. The normalized spacial score (nSPS) is 11.3. The third kappa shape index (κ3) is 4.75. The molecule has 0 amide bonds. The number of carbonyl (C=O) groups excluding carboxylic acids is 1. The molecule has 0 aliphatic rings. The average molecular weight is 261 g/mol. The van der Waals surface area contributed by atoms with Crippen molar-refractivity contribution in [1.82, 2.24) is 5.32 Å². The second-order valence-electron chi connectivity index (χ2n) is 3.74. The third-order valence-corrected chi connectivity index (χ3v) is 2.32. The molecule has 1 rings (SSSR count).